The topological polar surface area (TPSA) is 88.4 Å². The third kappa shape index (κ3) is 4.88. The Balaban J connectivity index is 2.24. The van der Waals surface area contributed by atoms with Crippen molar-refractivity contribution < 1.29 is 18.3 Å². The Labute approximate surface area is 190 Å². The molecular weight excluding hydrogens is 424 g/mol. The zero-order valence-corrected chi connectivity index (χ0v) is 19.7. The fourth-order valence-electron chi connectivity index (χ4n) is 3.88. The highest BCUT2D eigenvalue weighted by Crippen LogP contribution is 2.34. The highest BCUT2D eigenvalue weighted by molar-refractivity contribution is 7.90. The van der Waals surface area contributed by atoms with Gasteiger partial charge in [0.05, 0.1) is 10.6 Å². The van der Waals surface area contributed by atoms with Crippen molar-refractivity contribution in [1.29, 1.82) is 0 Å². The summed E-state index contributed by atoms with van der Waals surface area (Å²) in [6.45, 7) is 7.89. The maximum Gasteiger partial charge on any atom is 0.404 e. The number of carboxylic acid groups (broad SMARTS) is 1. The van der Waals surface area contributed by atoms with Gasteiger partial charge in [-0.2, -0.15) is 0 Å². The predicted octanol–water partition coefficient (Wildman–Crippen LogP) is 5.18. The van der Waals surface area contributed by atoms with E-state index in [1.165, 1.54) is 3.97 Å². The molecule has 0 radical (unpaired) electrons. The molecular formula is C25H30N2O4S. The molecule has 0 saturated heterocycles. The minimum Gasteiger partial charge on any atom is -0.465 e. The van der Waals surface area contributed by atoms with E-state index in [0.29, 0.717) is 18.5 Å². The lowest BCUT2D eigenvalue weighted by atomic mass is 9.82. The summed E-state index contributed by atoms with van der Waals surface area (Å²) in [6, 6.07) is 17.4. The normalized spacial score (nSPS) is 13.0. The minimum absolute atomic E-state index is 0.206. The molecule has 7 heteroatoms. The van der Waals surface area contributed by atoms with Crippen LogP contribution in [0.2, 0.25) is 0 Å². The fourth-order valence-corrected chi connectivity index (χ4v) is 5.33. The molecule has 6 nitrogen and oxygen atoms in total. The van der Waals surface area contributed by atoms with E-state index in [-0.39, 0.29) is 16.4 Å². The van der Waals surface area contributed by atoms with Crippen molar-refractivity contribution in [3.63, 3.8) is 0 Å². The van der Waals surface area contributed by atoms with E-state index in [9.17, 15) is 18.3 Å². The van der Waals surface area contributed by atoms with Gasteiger partial charge in [-0.15, -0.1) is 0 Å². The van der Waals surface area contributed by atoms with Crippen molar-refractivity contribution >= 4 is 16.1 Å². The Morgan fingerprint density at radius 1 is 1.03 bits per heavy atom. The molecule has 1 unspecified atom stereocenters. The highest BCUT2D eigenvalue weighted by atomic mass is 32.2. The van der Waals surface area contributed by atoms with E-state index in [1.807, 2.05) is 58.0 Å². The van der Waals surface area contributed by atoms with E-state index in [4.69, 9.17) is 0 Å². The number of nitrogens with zero attached hydrogens (tertiary/aromatic N) is 1. The van der Waals surface area contributed by atoms with Crippen molar-refractivity contribution in [2.75, 3.05) is 0 Å². The number of carbonyl (C=O) groups is 1. The maximum atomic E-state index is 13.6. The Bertz CT molecular complexity index is 1180. The van der Waals surface area contributed by atoms with Crippen LogP contribution in [0.5, 0.6) is 0 Å². The number of hydrogen-bond acceptors (Lipinski definition) is 3. The van der Waals surface area contributed by atoms with Crippen LogP contribution < -0.4 is 5.32 Å². The summed E-state index contributed by atoms with van der Waals surface area (Å²) < 4.78 is 28.6. The number of nitrogens with one attached hydrogen (secondary N) is 1. The van der Waals surface area contributed by atoms with E-state index in [0.717, 1.165) is 16.7 Å². The molecule has 0 saturated carbocycles. The minimum atomic E-state index is -3.84. The van der Waals surface area contributed by atoms with Gasteiger partial charge in [0.2, 0.25) is 0 Å². The number of rotatable bonds is 7. The third-order valence-electron chi connectivity index (χ3n) is 5.63. The molecule has 1 atom stereocenters. The molecule has 1 aromatic heterocycles. The summed E-state index contributed by atoms with van der Waals surface area (Å²) in [7, 11) is -3.84. The molecule has 0 spiro atoms. The second kappa shape index (κ2) is 9.20. The van der Waals surface area contributed by atoms with Crippen LogP contribution in [0.3, 0.4) is 0 Å². The van der Waals surface area contributed by atoms with Crippen LogP contribution in [-0.2, 0) is 22.9 Å². The SMILES string of the molecule is CCc1c(CC(NC(=O)O)C(C)(C)C)cn(S(=O)(=O)c2ccccc2)c1-c1ccccc1. The molecule has 0 bridgehead atoms. The first-order valence-electron chi connectivity index (χ1n) is 10.6. The first-order valence-corrected chi connectivity index (χ1v) is 12.1. The Kier molecular flexibility index (Phi) is 6.79. The summed E-state index contributed by atoms with van der Waals surface area (Å²) in [4.78, 5) is 11.6. The zero-order valence-electron chi connectivity index (χ0n) is 18.9. The van der Waals surface area contributed by atoms with Crippen LogP contribution in [0.15, 0.2) is 71.8 Å². The second-order valence-electron chi connectivity index (χ2n) is 8.89. The van der Waals surface area contributed by atoms with Crippen LogP contribution in [0.1, 0.15) is 38.8 Å². The van der Waals surface area contributed by atoms with Gasteiger partial charge in [-0.1, -0.05) is 76.2 Å². The van der Waals surface area contributed by atoms with E-state index in [2.05, 4.69) is 5.32 Å². The molecule has 1 heterocycles. The molecule has 0 aliphatic carbocycles. The number of amides is 1. The van der Waals surface area contributed by atoms with Gasteiger partial charge in [0, 0.05) is 12.2 Å². The van der Waals surface area contributed by atoms with Crippen LogP contribution in [0, 0.1) is 5.41 Å². The largest absolute Gasteiger partial charge is 0.465 e. The van der Waals surface area contributed by atoms with Crippen LogP contribution in [0.4, 0.5) is 4.79 Å². The van der Waals surface area contributed by atoms with Crippen molar-refractivity contribution in [2.24, 2.45) is 5.41 Å². The Hall–Kier alpha value is -3.06. The van der Waals surface area contributed by atoms with Crippen molar-refractivity contribution in [1.82, 2.24) is 9.29 Å². The maximum absolute atomic E-state index is 13.6. The number of hydrogen-bond donors (Lipinski definition) is 2. The van der Waals surface area contributed by atoms with E-state index >= 15 is 0 Å². The Morgan fingerprint density at radius 3 is 2.09 bits per heavy atom. The average molecular weight is 455 g/mol. The van der Waals surface area contributed by atoms with Crippen molar-refractivity contribution in [2.45, 2.75) is 51.5 Å². The number of benzene rings is 2. The van der Waals surface area contributed by atoms with Gasteiger partial charge in [0.25, 0.3) is 10.0 Å². The number of aromatic nitrogens is 1. The first-order chi connectivity index (χ1) is 15.1. The molecule has 170 valence electrons. The lowest BCUT2D eigenvalue weighted by Crippen LogP contribution is -2.44. The summed E-state index contributed by atoms with van der Waals surface area (Å²) in [6.07, 6.45) is 1.56. The van der Waals surface area contributed by atoms with Gasteiger partial charge in [-0.25, -0.2) is 17.2 Å². The summed E-state index contributed by atoms with van der Waals surface area (Å²) >= 11 is 0. The Morgan fingerprint density at radius 2 is 1.59 bits per heavy atom. The smallest absolute Gasteiger partial charge is 0.404 e. The molecule has 0 fully saturated rings. The quantitative estimate of drug-likeness (QED) is 0.515. The standard InChI is InChI=1S/C25H30N2O4S/c1-5-21-19(16-22(25(2,3)4)26-24(28)29)17-27(23(21)18-12-8-6-9-13-18)32(30,31)20-14-10-7-11-15-20/h6-15,17,22,26H,5,16H2,1-4H3,(H,28,29). The molecule has 3 aromatic rings. The molecule has 1 amide bonds. The third-order valence-corrected chi connectivity index (χ3v) is 7.31. The van der Waals surface area contributed by atoms with E-state index < -0.39 is 16.1 Å². The van der Waals surface area contributed by atoms with Gasteiger partial charge in [-0.05, 0) is 47.1 Å². The van der Waals surface area contributed by atoms with Gasteiger partial charge in [0.15, 0.2) is 0 Å². The predicted molar refractivity (Wildman–Crippen MR) is 126 cm³/mol. The highest BCUT2D eigenvalue weighted by Gasteiger charge is 2.31. The zero-order chi connectivity index (χ0) is 23.5. The summed E-state index contributed by atoms with van der Waals surface area (Å²) in [5, 5.41) is 12.0. The van der Waals surface area contributed by atoms with Gasteiger partial charge >= 0.3 is 6.09 Å². The molecule has 32 heavy (non-hydrogen) atoms. The first kappa shape index (κ1) is 23.6. The van der Waals surface area contributed by atoms with Crippen molar-refractivity contribution in [3.8, 4) is 11.3 Å². The summed E-state index contributed by atoms with van der Waals surface area (Å²) in [5.41, 5.74) is 2.79. The van der Waals surface area contributed by atoms with Crippen LogP contribution >= 0.6 is 0 Å². The van der Waals surface area contributed by atoms with Gasteiger partial charge < -0.3 is 10.4 Å². The van der Waals surface area contributed by atoms with Crippen LogP contribution in [-0.4, -0.2) is 29.6 Å². The van der Waals surface area contributed by atoms with Gasteiger partial charge in [-0.3, -0.25) is 0 Å². The fraction of sp³-hybridized carbons (Fsp3) is 0.320. The van der Waals surface area contributed by atoms with E-state index in [1.54, 1.807) is 36.5 Å². The molecule has 0 aliphatic heterocycles. The monoisotopic (exact) mass is 454 g/mol. The van der Waals surface area contributed by atoms with Crippen LogP contribution in [0.25, 0.3) is 11.3 Å². The van der Waals surface area contributed by atoms with Gasteiger partial charge in [0.1, 0.15) is 0 Å². The molecule has 2 N–H and O–H groups in total. The lowest BCUT2D eigenvalue weighted by molar-refractivity contribution is 0.174. The molecule has 2 aromatic carbocycles. The average Bonchev–Trinajstić information content (AvgIpc) is 3.12. The summed E-state index contributed by atoms with van der Waals surface area (Å²) in [5.74, 6) is 0. The second-order valence-corrected chi connectivity index (χ2v) is 10.7. The van der Waals surface area contributed by atoms with Crippen molar-refractivity contribution in [3.05, 3.63) is 78.0 Å². The lowest BCUT2D eigenvalue weighted by Gasteiger charge is -2.30. The molecule has 0 aliphatic rings. The molecule has 3 rings (SSSR count).